The zero-order valence-electron chi connectivity index (χ0n) is 22.7. The number of benzene rings is 4. The number of fused-ring (bicyclic) bond motifs is 2. The molecule has 1 aliphatic carbocycles. The summed E-state index contributed by atoms with van der Waals surface area (Å²) >= 11 is 0. The van der Waals surface area contributed by atoms with Crippen LogP contribution in [0.15, 0.2) is 121 Å². The predicted octanol–water partition coefficient (Wildman–Crippen LogP) is 8.62. The summed E-state index contributed by atoms with van der Waals surface area (Å²) in [7, 11) is 2.00. The smallest absolute Gasteiger partial charge is 0.201 e. The Morgan fingerprint density at radius 2 is 1.51 bits per heavy atom. The summed E-state index contributed by atoms with van der Waals surface area (Å²) in [6, 6.07) is 30.7. The van der Waals surface area contributed by atoms with Gasteiger partial charge in [0.15, 0.2) is 0 Å². The maximum Gasteiger partial charge on any atom is 0.201 e. The van der Waals surface area contributed by atoms with Crippen LogP contribution in [0.1, 0.15) is 30.5 Å². The van der Waals surface area contributed by atoms with Gasteiger partial charge in [-0.15, -0.1) is 0 Å². The van der Waals surface area contributed by atoms with Crippen LogP contribution in [-0.2, 0) is 17.3 Å². The average Bonchev–Trinajstić information content (AvgIpc) is 3.24. The summed E-state index contributed by atoms with van der Waals surface area (Å²) in [5, 5.41) is 14.7. The van der Waals surface area contributed by atoms with Crippen molar-refractivity contribution in [3.05, 3.63) is 137 Å². The van der Waals surface area contributed by atoms with Crippen LogP contribution in [-0.4, -0.2) is 15.5 Å². The van der Waals surface area contributed by atoms with Gasteiger partial charge < -0.3 is 9.67 Å². The van der Waals surface area contributed by atoms with Crippen molar-refractivity contribution in [2.24, 2.45) is 7.05 Å². The van der Waals surface area contributed by atoms with Crippen LogP contribution in [0.2, 0.25) is 0 Å². The predicted molar refractivity (Wildman–Crippen MR) is 162 cm³/mol. The highest BCUT2D eigenvalue weighted by Crippen LogP contribution is 2.46. The van der Waals surface area contributed by atoms with E-state index in [0.717, 1.165) is 38.9 Å². The number of allylic oxidation sites excluding steroid dienone is 4. The van der Waals surface area contributed by atoms with Crippen LogP contribution in [0.4, 0.5) is 0 Å². The molecule has 0 spiro atoms. The fourth-order valence-electron chi connectivity index (χ4n) is 6.00. The first-order valence-electron chi connectivity index (χ1n) is 13.2. The summed E-state index contributed by atoms with van der Waals surface area (Å²) in [4.78, 5) is 13.7. The number of ketones is 1. The molecule has 0 radical (unpaired) electrons. The fourth-order valence-corrected chi connectivity index (χ4v) is 6.00. The molecule has 0 amide bonds. The van der Waals surface area contributed by atoms with Crippen molar-refractivity contribution in [1.82, 2.24) is 4.57 Å². The Morgan fingerprint density at radius 3 is 2.23 bits per heavy atom. The largest absolute Gasteiger partial charge is 0.506 e. The topological polar surface area (TPSA) is 42.2 Å². The minimum atomic E-state index is -0.438. The van der Waals surface area contributed by atoms with Gasteiger partial charge in [-0.05, 0) is 52.1 Å². The number of aryl methyl sites for hydroxylation is 2. The normalized spacial score (nSPS) is 14.9. The molecule has 1 heterocycles. The zero-order valence-corrected chi connectivity index (χ0v) is 22.7. The maximum absolute atomic E-state index is 13.7. The highest BCUT2D eigenvalue weighted by atomic mass is 16.3. The van der Waals surface area contributed by atoms with E-state index in [-0.39, 0.29) is 11.5 Å². The van der Waals surface area contributed by atoms with E-state index in [1.54, 1.807) is 6.08 Å². The molecule has 0 bridgehead atoms. The van der Waals surface area contributed by atoms with Crippen LogP contribution in [0.3, 0.4) is 0 Å². The highest BCUT2D eigenvalue weighted by molar-refractivity contribution is 6.41. The number of hydrogen-bond acceptors (Lipinski definition) is 2. The molecule has 0 unspecified atom stereocenters. The standard InChI is InChI=1S/C36H31NO2/c1-22(36(3,4)29-20-19-24-13-9-10-16-26(24)23(29)2)21-28-34(38)32(35(28)39)31-27-17-11-12-18-30(27)37(5)33(31)25-14-7-6-8-15-25/h6-21,38H,1H2,2-5H3/b28-21+. The molecule has 4 aromatic carbocycles. The van der Waals surface area contributed by atoms with E-state index in [2.05, 4.69) is 62.2 Å². The number of carbonyl (C=O) groups is 1. The molecule has 192 valence electrons. The Kier molecular flexibility index (Phi) is 5.69. The molecular formula is C36H31NO2. The minimum absolute atomic E-state index is 0.0284. The molecular weight excluding hydrogens is 478 g/mol. The SMILES string of the molecule is C=C(/C=C1/C(=O)C(c2c(-c3ccccc3)n(C)c3ccccc23)=C1O)C(C)(C)c1ccc2ccccc2c1C. The number of hydrogen-bond donors (Lipinski definition) is 1. The lowest BCUT2D eigenvalue weighted by atomic mass is 9.73. The van der Waals surface area contributed by atoms with E-state index >= 15 is 0 Å². The first-order valence-corrected chi connectivity index (χ1v) is 13.2. The number of aliphatic hydroxyl groups excluding tert-OH is 1. The van der Waals surface area contributed by atoms with Gasteiger partial charge in [0.2, 0.25) is 5.78 Å². The molecule has 1 aliphatic rings. The number of aromatic nitrogens is 1. The van der Waals surface area contributed by atoms with Gasteiger partial charge in [0, 0.05) is 28.9 Å². The van der Waals surface area contributed by atoms with Gasteiger partial charge in [0.25, 0.3) is 0 Å². The van der Waals surface area contributed by atoms with Crippen molar-refractivity contribution in [2.75, 3.05) is 0 Å². The molecule has 3 heteroatoms. The lowest BCUT2D eigenvalue weighted by Gasteiger charge is -2.30. The van der Waals surface area contributed by atoms with Crippen LogP contribution in [0.5, 0.6) is 0 Å². The van der Waals surface area contributed by atoms with Crippen molar-refractivity contribution < 1.29 is 9.90 Å². The van der Waals surface area contributed by atoms with Crippen LogP contribution in [0.25, 0.3) is 38.5 Å². The fraction of sp³-hybridized carbons (Fsp3) is 0.139. The molecule has 0 fully saturated rings. The van der Waals surface area contributed by atoms with Crippen molar-refractivity contribution >= 4 is 33.0 Å². The van der Waals surface area contributed by atoms with Crippen LogP contribution < -0.4 is 0 Å². The number of Topliss-reactive ketones (excluding diaryl/α,β-unsaturated/α-hetero) is 1. The van der Waals surface area contributed by atoms with Gasteiger partial charge in [0.1, 0.15) is 5.76 Å². The number of carbonyl (C=O) groups excluding carboxylic acids is 1. The van der Waals surface area contributed by atoms with Crippen molar-refractivity contribution in [2.45, 2.75) is 26.2 Å². The monoisotopic (exact) mass is 509 g/mol. The van der Waals surface area contributed by atoms with E-state index < -0.39 is 5.41 Å². The molecule has 0 saturated carbocycles. The Morgan fingerprint density at radius 1 is 0.872 bits per heavy atom. The van der Waals surface area contributed by atoms with E-state index in [4.69, 9.17) is 0 Å². The first kappa shape index (κ1) is 24.7. The van der Waals surface area contributed by atoms with Gasteiger partial charge >= 0.3 is 0 Å². The Hall–Kier alpha value is -4.63. The zero-order chi connectivity index (χ0) is 27.5. The van der Waals surface area contributed by atoms with Gasteiger partial charge in [-0.25, -0.2) is 0 Å². The van der Waals surface area contributed by atoms with E-state index in [1.807, 2.05) is 67.7 Å². The van der Waals surface area contributed by atoms with Crippen molar-refractivity contribution in [1.29, 1.82) is 0 Å². The van der Waals surface area contributed by atoms with E-state index in [0.29, 0.717) is 11.1 Å². The molecule has 5 aromatic rings. The summed E-state index contributed by atoms with van der Waals surface area (Å²) in [6.07, 6.45) is 1.77. The van der Waals surface area contributed by atoms with E-state index in [9.17, 15) is 9.90 Å². The lowest BCUT2D eigenvalue weighted by molar-refractivity contribution is -0.111. The van der Waals surface area contributed by atoms with Crippen LogP contribution >= 0.6 is 0 Å². The lowest BCUT2D eigenvalue weighted by Crippen LogP contribution is -2.25. The molecule has 6 rings (SSSR count). The van der Waals surface area contributed by atoms with Gasteiger partial charge in [-0.1, -0.05) is 105 Å². The summed E-state index contributed by atoms with van der Waals surface area (Å²) < 4.78 is 2.10. The van der Waals surface area contributed by atoms with Gasteiger partial charge in [-0.2, -0.15) is 0 Å². The third-order valence-corrected chi connectivity index (χ3v) is 8.36. The van der Waals surface area contributed by atoms with Crippen LogP contribution in [0, 0.1) is 6.92 Å². The molecule has 0 aliphatic heterocycles. The number of para-hydroxylation sites is 1. The number of nitrogens with zero attached hydrogens (tertiary/aromatic N) is 1. The molecule has 39 heavy (non-hydrogen) atoms. The quantitative estimate of drug-likeness (QED) is 0.241. The maximum atomic E-state index is 13.7. The molecule has 0 atom stereocenters. The average molecular weight is 510 g/mol. The van der Waals surface area contributed by atoms with Gasteiger partial charge in [-0.3, -0.25) is 4.79 Å². The van der Waals surface area contributed by atoms with E-state index in [1.165, 1.54) is 16.3 Å². The Balaban J connectivity index is 1.45. The Bertz CT molecular complexity index is 1880. The van der Waals surface area contributed by atoms with Crippen molar-refractivity contribution in [3.63, 3.8) is 0 Å². The molecule has 0 saturated heterocycles. The number of rotatable bonds is 5. The second-order valence-corrected chi connectivity index (χ2v) is 10.9. The molecule has 1 N–H and O–H groups in total. The second-order valence-electron chi connectivity index (χ2n) is 10.9. The molecule has 1 aromatic heterocycles. The third-order valence-electron chi connectivity index (χ3n) is 8.36. The highest BCUT2D eigenvalue weighted by Gasteiger charge is 2.39. The minimum Gasteiger partial charge on any atom is -0.506 e. The second kappa shape index (κ2) is 8.99. The van der Waals surface area contributed by atoms with Crippen molar-refractivity contribution in [3.8, 4) is 11.3 Å². The third kappa shape index (κ3) is 3.69. The van der Waals surface area contributed by atoms with Gasteiger partial charge in [0.05, 0.1) is 16.8 Å². The summed E-state index contributed by atoms with van der Waals surface area (Å²) in [6.45, 7) is 10.7. The summed E-state index contributed by atoms with van der Waals surface area (Å²) in [5.41, 5.74) is 7.05. The summed E-state index contributed by atoms with van der Waals surface area (Å²) in [5.74, 6) is -0.131. The Labute approximate surface area is 229 Å². The molecule has 3 nitrogen and oxygen atoms in total. The number of aliphatic hydroxyl groups is 1. The first-order chi connectivity index (χ1) is 18.7.